The van der Waals surface area contributed by atoms with E-state index in [1.54, 1.807) is 42.5 Å². The Morgan fingerprint density at radius 1 is 0.943 bits per heavy atom. The molecule has 8 nitrogen and oxygen atoms in total. The fourth-order valence-electron chi connectivity index (χ4n) is 3.81. The van der Waals surface area contributed by atoms with Gasteiger partial charge in [0, 0.05) is 17.9 Å². The van der Waals surface area contributed by atoms with E-state index in [9.17, 15) is 18.0 Å². The quantitative estimate of drug-likeness (QED) is 0.408. The number of nitrogens with zero attached hydrogens (tertiary/aromatic N) is 3. The van der Waals surface area contributed by atoms with Crippen LogP contribution in [-0.2, 0) is 22.9 Å². The Morgan fingerprint density at radius 3 is 2.26 bits per heavy atom. The first-order chi connectivity index (χ1) is 16.7. The maximum absolute atomic E-state index is 13.4. The van der Waals surface area contributed by atoms with E-state index in [2.05, 4.69) is 5.10 Å². The third-order valence-corrected chi connectivity index (χ3v) is 7.08. The van der Waals surface area contributed by atoms with Gasteiger partial charge in [0.25, 0.3) is 5.56 Å². The lowest BCUT2D eigenvalue weighted by atomic mass is 10.1. The number of nitrogens with two attached hydrogens (primary N) is 1. The van der Waals surface area contributed by atoms with Crippen molar-refractivity contribution < 1.29 is 8.42 Å². The van der Waals surface area contributed by atoms with Gasteiger partial charge in [0.2, 0.25) is 0 Å². The van der Waals surface area contributed by atoms with Gasteiger partial charge in [-0.25, -0.2) is 17.9 Å². The van der Waals surface area contributed by atoms with Crippen molar-refractivity contribution in [1.82, 2.24) is 14.3 Å². The first kappa shape index (κ1) is 24.6. The van der Waals surface area contributed by atoms with Crippen LogP contribution in [-0.4, -0.2) is 29.0 Å². The zero-order valence-corrected chi connectivity index (χ0v) is 20.4. The molecule has 0 amide bonds. The van der Waals surface area contributed by atoms with Crippen LogP contribution in [0.4, 0.5) is 0 Å². The van der Waals surface area contributed by atoms with E-state index < -0.39 is 27.1 Å². The van der Waals surface area contributed by atoms with Gasteiger partial charge < -0.3 is 5.73 Å². The van der Waals surface area contributed by atoms with Crippen molar-refractivity contribution in [2.75, 3.05) is 6.26 Å². The number of benzene rings is 3. The molecule has 0 saturated carbocycles. The summed E-state index contributed by atoms with van der Waals surface area (Å²) in [6.45, 7) is -0.268. The van der Waals surface area contributed by atoms with Gasteiger partial charge in [-0.3, -0.25) is 9.36 Å². The molecule has 0 saturated heterocycles. The molecule has 1 unspecified atom stereocenters. The Labute approximate surface area is 207 Å². The minimum absolute atomic E-state index is 0.0349. The van der Waals surface area contributed by atoms with Crippen LogP contribution in [0, 0.1) is 0 Å². The van der Waals surface area contributed by atoms with Crippen LogP contribution >= 0.6 is 11.6 Å². The van der Waals surface area contributed by atoms with E-state index in [0.29, 0.717) is 11.1 Å². The molecule has 35 heavy (non-hydrogen) atoms. The molecule has 0 bridgehead atoms. The molecule has 4 aromatic rings. The Bertz CT molecular complexity index is 1600. The highest BCUT2D eigenvalue weighted by atomic mass is 35.5. The monoisotopic (exact) mass is 510 g/mol. The zero-order chi connectivity index (χ0) is 25.2. The molecule has 0 aliphatic heterocycles. The van der Waals surface area contributed by atoms with Crippen molar-refractivity contribution in [3.8, 4) is 11.3 Å². The lowest BCUT2D eigenvalue weighted by molar-refractivity contribution is 0.482. The summed E-state index contributed by atoms with van der Waals surface area (Å²) >= 11 is 6.34. The van der Waals surface area contributed by atoms with Crippen molar-refractivity contribution in [2.24, 2.45) is 5.73 Å². The molecule has 1 heterocycles. The Hall–Kier alpha value is -3.53. The molecule has 180 valence electrons. The number of halogens is 1. The first-order valence-corrected chi connectivity index (χ1v) is 13.0. The van der Waals surface area contributed by atoms with Crippen LogP contribution < -0.4 is 17.0 Å². The molecular weight excluding hydrogens is 488 g/mol. The number of rotatable bonds is 7. The number of hydrogen-bond donors (Lipinski definition) is 1. The summed E-state index contributed by atoms with van der Waals surface area (Å²) < 4.78 is 26.7. The molecule has 2 N–H and O–H groups in total. The molecule has 1 atom stereocenters. The highest BCUT2D eigenvalue weighted by molar-refractivity contribution is 7.90. The van der Waals surface area contributed by atoms with Crippen LogP contribution in [0.1, 0.15) is 17.2 Å². The summed E-state index contributed by atoms with van der Waals surface area (Å²) in [4.78, 5) is 26.9. The van der Waals surface area contributed by atoms with Crippen LogP contribution in [0.2, 0.25) is 5.02 Å². The normalized spacial score (nSPS) is 12.4. The fraction of sp³-hybridized carbons (Fsp3) is 0.160. The summed E-state index contributed by atoms with van der Waals surface area (Å²) in [5, 5.41) is 4.60. The maximum Gasteiger partial charge on any atom is 0.347 e. The van der Waals surface area contributed by atoms with E-state index in [1.807, 2.05) is 30.3 Å². The second-order valence-corrected chi connectivity index (χ2v) is 10.5. The Balaban J connectivity index is 1.90. The van der Waals surface area contributed by atoms with E-state index in [4.69, 9.17) is 17.3 Å². The van der Waals surface area contributed by atoms with E-state index in [1.165, 1.54) is 6.07 Å². The highest BCUT2D eigenvalue weighted by Gasteiger charge is 2.21. The van der Waals surface area contributed by atoms with Crippen molar-refractivity contribution in [1.29, 1.82) is 0 Å². The van der Waals surface area contributed by atoms with Gasteiger partial charge in [-0.2, -0.15) is 5.10 Å². The summed E-state index contributed by atoms with van der Waals surface area (Å²) in [7, 11) is -3.56. The number of aromatic nitrogens is 3. The minimum atomic E-state index is -3.56. The molecule has 0 aliphatic carbocycles. The smallest absolute Gasteiger partial charge is 0.322 e. The Kier molecular flexibility index (Phi) is 7.02. The Morgan fingerprint density at radius 2 is 1.57 bits per heavy atom. The van der Waals surface area contributed by atoms with Crippen molar-refractivity contribution in [3.63, 3.8) is 0 Å². The first-order valence-electron chi connectivity index (χ1n) is 10.7. The predicted molar refractivity (Wildman–Crippen MR) is 135 cm³/mol. The van der Waals surface area contributed by atoms with E-state index >= 15 is 0 Å². The van der Waals surface area contributed by atoms with Gasteiger partial charge in [0.15, 0.2) is 15.5 Å². The van der Waals surface area contributed by atoms with Crippen LogP contribution in [0.3, 0.4) is 0 Å². The highest BCUT2D eigenvalue weighted by Crippen LogP contribution is 2.23. The molecule has 1 aromatic heterocycles. The molecule has 4 rings (SSSR count). The predicted octanol–water partition coefficient (Wildman–Crippen LogP) is 2.88. The fourth-order valence-corrected chi connectivity index (χ4v) is 4.97. The second kappa shape index (κ2) is 9.99. The van der Waals surface area contributed by atoms with Gasteiger partial charge in [-0.1, -0.05) is 78.3 Å². The molecule has 3 aromatic carbocycles. The van der Waals surface area contributed by atoms with Crippen LogP contribution in [0.5, 0.6) is 0 Å². The van der Waals surface area contributed by atoms with Gasteiger partial charge in [0.05, 0.1) is 23.0 Å². The number of hydrogen-bond acceptors (Lipinski definition) is 6. The third kappa shape index (κ3) is 5.27. The average molecular weight is 511 g/mol. The summed E-state index contributed by atoms with van der Waals surface area (Å²) in [6.07, 6.45) is 1.09. The van der Waals surface area contributed by atoms with Crippen molar-refractivity contribution in [3.05, 3.63) is 116 Å². The molecule has 0 radical (unpaired) electrons. The van der Waals surface area contributed by atoms with Gasteiger partial charge in [0.1, 0.15) is 0 Å². The summed E-state index contributed by atoms with van der Waals surface area (Å²) in [5.41, 5.74) is 6.43. The lowest BCUT2D eigenvalue weighted by Gasteiger charge is -2.17. The van der Waals surface area contributed by atoms with Gasteiger partial charge in [-0.05, 0) is 23.3 Å². The van der Waals surface area contributed by atoms with Crippen LogP contribution in [0.25, 0.3) is 11.3 Å². The van der Waals surface area contributed by atoms with Crippen LogP contribution in [0.15, 0.2) is 93.3 Å². The van der Waals surface area contributed by atoms with E-state index in [0.717, 1.165) is 21.1 Å². The standard InChI is InChI=1S/C25H23ClN4O4S/c1-35(33,34)22-14-8-5-11-18(22)15-30-25(32)29(16-21(27)17-9-3-2-4-10-17)24(31)23(28-30)19-12-6-7-13-20(19)26/h2-14,21H,15-16,27H2,1H3. The molecule has 10 heteroatoms. The summed E-state index contributed by atoms with van der Waals surface area (Å²) in [5.74, 6) is 0. The molecule has 0 aliphatic rings. The van der Waals surface area contributed by atoms with Crippen molar-refractivity contribution >= 4 is 21.4 Å². The lowest BCUT2D eigenvalue weighted by Crippen LogP contribution is -2.44. The van der Waals surface area contributed by atoms with E-state index in [-0.39, 0.29) is 28.7 Å². The average Bonchev–Trinajstić information content (AvgIpc) is 2.84. The molecule has 0 fully saturated rings. The molecule has 0 spiro atoms. The zero-order valence-electron chi connectivity index (χ0n) is 18.8. The topological polar surface area (TPSA) is 117 Å². The minimum Gasteiger partial charge on any atom is -0.322 e. The van der Waals surface area contributed by atoms with Gasteiger partial charge in [-0.15, -0.1) is 0 Å². The van der Waals surface area contributed by atoms with Crippen molar-refractivity contribution in [2.45, 2.75) is 24.0 Å². The number of sulfone groups is 1. The maximum atomic E-state index is 13.4. The SMILES string of the molecule is CS(=O)(=O)c1ccccc1Cn1nc(-c2ccccc2Cl)c(=O)n(CC(N)c2ccccc2)c1=O. The summed E-state index contributed by atoms with van der Waals surface area (Å²) in [6, 6.07) is 21.5. The van der Waals surface area contributed by atoms with Gasteiger partial charge >= 0.3 is 5.69 Å². The molecular formula is C25H23ClN4O4S. The second-order valence-electron chi connectivity index (χ2n) is 8.08. The third-order valence-electron chi connectivity index (χ3n) is 5.55. The largest absolute Gasteiger partial charge is 0.347 e.